The topological polar surface area (TPSA) is 80.9 Å². The summed E-state index contributed by atoms with van der Waals surface area (Å²) in [5, 5.41) is 0. The third kappa shape index (κ3) is 2.33. The van der Waals surface area contributed by atoms with E-state index >= 15 is 0 Å². The molecule has 0 bridgehead atoms. The molecule has 6 heteroatoms. The molecule has 1 aliphatic rings. The highest BCUT2D eigenvalue weighted by Crippen LogP contribution is 2.38. The standard InChI is InChI=1S/C13H16N4OS/c14-16-13(18)9-5-3-8(4-6-9)11-12-10(19-17-11)2-1-7-15-12/h1-2,7-9H,3-6,14H2,(H,16,18)/t8-,9-. The summed E-state index contributed by atoms with van der Waals surface area (Å²) in [7, 11) is 0. The van der Waals surface area contributed by atoms with Crippen LogP contribution in [0.15, 0.2) is 18.3 Å². The quantitative estimate of drug-likeness (QED) is 0.499. The Labute approximate surface area is 115 Å². The first-order valence-corrected chi connectivity index (χ1v) is 7.27. The van der Waals surface area contributed by atoms with E-state index in [-0.39, 0.29) is 11.8 Å². The van der Waals surface area contributed by atoms with Crippen molar-refractivity contribution in [3.05, 3.63) is 24.0 Å². The Morgan fingerprint density at radius 3 is 2.89 bits per heavy atom. The Morgan fingerprint density at radius 1 is 1.37 bits per heavy atom. The van der Waals surface area contributed by atoms with Crippen LogP contribution in [0.5, 0.6) is 0 Å². The zero-order valence-corrected chi connectivity index (χ0v) is 11.3. The molecule has 2 aromatic rings. The number of hydrogen-bond donors (Lipinski definition) is 2. The second kappa shape index (κ2) is 5.22. The van der Waals surface area contributed by atoms with Crippen molar-refractivity contribution in [3.63, 3.8) is 0 Å². The molecular formula is C13H16N4OS. The smallest absolute Gasteiger partial charge is 0.236 e. The first-order valence-electron chi connectivity index (χ1n) is 6.50. The maximum absolute atomic E-state index is 11.5. The number of aromatic nitrogens is 2. The van der Waals surface area contributed by atoms with Crippen LogP contribution in [0.3, 0.4) is 0 Å². The molecule has 19 heavy (non-hydrogen) atoms. The van der Waals surface area contributed by atoms with Gasteiger partial charge in [-0.1, -0.05) is 0 Å². The second-order valence-corrected chi connectivity index (χ2v) is 5.78. The highest BCUT2D eigenvalue weighted by atomic mass is 32.1. The molecule has 0 unspecified atom stereocenters. The molecule has 1 amide bonds. The number of nitrogens with zero attached hydrogens (tertiary/aromatic N) is 2. The van der Waals surface area contributed by atoms with Gasteiger partial charge in [0.1, 0.15) is 5.52 Å². The van der Waals surface area contributed by atoms with Gasteiger partial charge in [0.05, 0.1) is 10.4 Å². The molecule has 2 aromatic heterocycles. The summed E-state index contributed by atoms with van der Waals surface area (Å²) in [5.41, 5.74) is 4.38. The number of carbonyl (C=O) groups is 1. The Balaban J connectivity index is 1.77. The van der Waals surface area contributed by atoms with Gasteiger partial charge >= 0.3 is 0 Å². The summed E-state index contributed by atoms with van der Waals surface area (Å²) in [6, 6.07) is 3.99. The van der Waals surface area contributed by atoms with E-state index in [0.29, 0.717) is 5.92 Å². The number of nitrogens with one attached hydrogen (secondary N) is 1. The molecule has 0 radical (unpaired) electrons. The number of amides is 1. The molecule has 1 fully saturated rings. The van der Waals surface area contributed by atoms with Crippen molar-refractivity contribution < 1.29 is 4.79 Å². The van der Waals surface area contributed by atoms with E-state index in [0.717, 1.165) is 41.6 Å². The van der Waals surface area contributed by atoms with Gasteiger partial charge in [-0.2, -0.15) is 4.37 Å². The zero-order valence-electron chi connectivity index (χ0n) is 10.5. The molecule has 0 atom stereocenters. The van der Waals surface area contributed by atoms with E-state index in [1.807, 2.05) is 12.3 Å². The Hall–Kier alpha value is -1.53. The van der Waals surface area contributed by atoms with Crippen LogP contribution in [-0.2, 0) is 4.79 Å². The number of rotatable bonds is 2. The lowest BCUT2D eigenvalue weighted by Crippen LogP contribution is -2.37. The first kappa shape index (κ1) is 12.5. The lowest BCUT2D eigenvalue weighted by molar-refractivity contribution is -0.126. The second-order valence-electron chi connectivity index (χ2n) is 4.98. The molecular weight excluding hydrogens is 260 g/mol. The van der Waals surface area contributed by atoms with Gasteiger partial charge in [0, 0.05) is 18.0 Å². The minimum absolute atomic E-state index is 0.0419. The fourth-order valence-electron chi connectivity index (χ4n) is 2.81. The lowest BCUT2D eigenvalue weighted by atomic mass is 9.80. The summed E-state index contributed by atoms with van der Waals surface area (Å²) in [5.74, 6) is 5.62. The molecule has 100 valence electrons. The predicted molar refractivity (Wildman–Crippen MR) is 74.4 cm³/mol. The monoisotopic (exact) mass is 276 g/mol. The summed E-state index contributed by atoms with van der Waals surface area (Å²) in [4.78, 5) is 15.9. The minimum atomic E-state index is -0.0419. The highest BCUT2D eigenvalue weighted by Gasteiger charge is 2.29. The van der Waals surface area contributed by atoms with Crippen molar-refractivity contribution in [1.82, 2.24) is 14.8 Å². The maximum atomic E-state index is 11.5. The van der Waals surface area contributed by atoms with Gasteiger partial charge in [-0.25, -0.2) is 5.84 Å². The number of hydrazine groups is 1. The summed E-state index contributed by atoms with van der Waals surface area (Å²) < 4.78 is 5.70. The molecule has 1 saturated carbocycles. The normalized spacial score (nSPS) is 23.4. The molecule has 2 heterocycles. The molecule has 0 aliphatic heterocycles. The van der Waals surface area contributed by atoms with E-state index < -0.39 is 0 Å². The third-order valence-corrected chi connectivity index (χ3v) is 4.70. The molecule has 1 aliphatic carbocycles. The van der Waals surface area contributed by atoms with E-state index in [9.17, 15) is 4.79 Å². The van der Waals surface area contributed by atoms with Gasteiger partial charge in [0.15, 0.2) is 0 Å². The number of carbonyl (C=O) groups excluding carboxylic acids is 1. The van der Waals surface area contributed by atoms with E-state index in [1.54, 1.807) is 0 Å². The SMILES string of the molecule is NNC(=O)[C@H]1CC[C@H](c2nsc3cccnc32)CC1. The summed E-state index contributed by atoms with van der Waals surface area (Å²) in [6.07, 6.45) is 5.52. The van der Waals surface area contributed by atoms with E-state index in [1.165, 1.54) is 11.5 Å². The largest absolute Gasteiger partial charge is 0.294 e. The lowest BCUT2D eigenvalue weighted by Gasteiger charge is -2.26. The predicted octanol–water partition coefficient (Wildman–Crippen LogP) is 1.95. The third-order valence-electron chi connectivity index (χ3n) is 3.88. The van der Waals surface area contributed by atoms with Gasteiger partial charge in [-0.15, -0.1) is 0 Å². The zero-order chi connectivity index (χ0) is 13.2. The Bertz CT molecular complexity index is 589. The first-order chi connectivity index (χ1) is 9.29. The molecule has 3 rings (SSSR count). The number of fused-ring (bicyclic) bond motifs is 1. The molecule has 3 N–H and O–H groups in total. The molecule has 5 nitrogen and oxygen atoms in total. The minimum Gasteiger partial charge on any atom is -0.294 e. The van der Waals surface area contributed by atoms with Gasteiger partial charge in [0.2, 0.25) is 5.91 Å². The van der Waals surface area contributed by atoms with Crippen molar-refractivity contribution in [3.8, 4) is 0 Å². The van der Waals surface area contributed by atoms with E-state index in [2.05, 4.69) is 20.8 Å². The molecule has 0 spiro atoms. The summed E-state index contributed by atoms with van der Waals surface area (Å²) >= 11 is 1.51. The summed E-state index contributed by atoms with van der Waals surface area (Å²) in [6.45, 7) is 0. The van der Waals surface area contributed by atoms with Crippen molar-refractivity contribution in [2.24, 2.45) is 11.8 Å². The average molecular weight is 276 g/mol. The van der Waals surface area contributed by atoms with Gasteiger partial charge in [0.25, 0.3) is 0 Å². The van der Waals surface area contributed by atoms with Crippen LogP contribution in [0.1, 0.15) is 37.3 Å². The van der Waals surface area contributed by atoms with Crippen molar-refractivity contribution in [2.75, 3.05) is 0 Å². The van der Waals surface area contributed by atoms with Crippen LogP contribution in [0, 0.1) is 5.92 Å². The van der Waals surface area contributed by atoms with Crippen LogP contribution < -0.4 is 11.3 Å². The maximum Gasteiger partial charge on any atom is 0.236 e. The fraction of sp³-hybridized carbons (Fsp3) is 0.462. The van der Waals surface area contributed by atoms with Crippen LogP contribution in [0.25, 0.3) is 10.2 Å². The van der Waals surface area contributed by atoms with E-state index in [4.69, 9.17) is 5.84 Å². The molecule has 0 saturated heterocycles. The number of nitrogens with two attached hydrogens (primary N) is 1. The number of pyridine rings is 1. The Morgan fingerprint density at radius 2 is 2.16 bits per heavy atom. The Kier molecular flexibility index (Phi) is 3.44. The highest BCUT2D eigenvalue weighted by molar-refractivity contribution is 7.13. The average Bonchev–Trinajstić information content (AvgIpc) is 2.90. The van der Waals surface area contributed by atoms with Crippen molar-refractivity contribution >= 4 is 27.7 Å². The van der Waals surface area contributed by atoms with Gasteiger partial charge < -0.3 is 0 Å². The van der Waals surface area contributed by atoms with Crippen molar-refractivity contribution in [2.45, 2.75) is 31.6 Å². The van der Waals surface area contributed by atoms with Crippen LogP contribution in [0.2, 0.25) is 0 Å². The number of hydrogen-bond acceptors (Lipinski definition) is 5. The van der Waals surface area contributed by atoms with Crippen LogP contribution in [0.4, 0.5) is 0 Å². The van der Waals surface area contributed by atoms with Gasteiger partial charge in [-0.3, -0.25) is 15.2 Å². The van der Waals surface area contributed by atoms with Crippen LogP contribution in [-0.4, -0.2) is 15.3 Å². The fourth-order valence-corrected chi connectivity index (χ4v) is 3.63. The van der Waals surface area contributed by atoms with Crippen molar-refractivity contribution in [1.29, 1.82) is 0 Å². The molecule has 0 aromatic carbocycles. The van der Waals surface area contributed by atoms with Crippen LogP contribution >= 0.6 is 11.5 Å². The van der Waals surface area contributed by atoms with Gasteiger partial charge in [-0.05, 0) is 49.3 Å².